The number of aliphatic carboxylic acids is 1. The molecule has 0 aromatic heterocycles. The number of aliphatic hydroxyl groups excluding tert-OH is 3. The van der Waals surface area contributed by atoms with Crippen molar-refractivity contribution in [1.82, 2.24) is 0 Å². The van der Waals surface area contributed by atoms with Gasteiger partial charge in [-0.3, -0.25) is 0 Å². The minimum absolute atomic E-state index is 0.703. The van der Waals surface area contributed by atoms with Crippen LogP contribution in [-0.2, 0) is 9.53 Å². The summed E-state index contributed by atoms with van der Waals surface area (Å²) in [6, 6.07) is 0. The highest BCUT2D eigenvalue weighted by atomic mass is 16.6. The Kier molecular flexibility index (Phi) is 2.87. The standard InChI is InChI=1S/C7H12O6/c1-2-3(8)4(9)5(6(10)11)13-7(2)12/h2-5,7-9,12H,1H3,(H,10,11). The van der Waals surface area contributed by atoms with Gasteiger partial charge < -0.3 is 25.2 Å². The van der Waals surface area contributed by atoms with Crippen LogP contribution in [-0.4, -0.2) is 51.0 Å². The zero-order valence-electron chi connectivity index (χ0n) is 6.99. The molecule has 13 heavy (non-hydrogen) atoms. The maximum absolute atomic E-state index is 10.5. The average molecular weight is 192 g/mol. The van der Waals surface area contributed by atoms with Crippen LogP contribution in [0.3, 0.4) is 0 Å². The predicted molar refractivity (Wildman–Crippen MR) is 39.7 cm³/mol. The second-order valence-corrected chi connectivity index (χ2v) is 3.13. The van der Waals surface area contributed by atoms with Gasteiger partial charge in [-0.15, -0.1) is 0 Å². The molecule has 0 aromatic rings. The molecule has 5 atom stereocenters. The first-order valence-electron chi connectivity index (χ1n) is 3.87. The first-order valence-corrected chi connectivity index (χ1v) is 3.87. The Labute approximate surface area is 74.4 Å². The van der Waals surface area contributed by atoms with Gasteiger partial charge in [0.05, 0.1) is 6.10 Å². The van der Waals surface area contributed by atoms with Crippen molar-refractivity contribution in [2.45, 2.75) is 31.5 Å². The van der Waals surface area contributed by atoms with Gasteiger partial charge >= 0.3 is 5.97 Å². The molecule has 6 nitrogen and oxygen atoms in total. The Morgan fingerprint density at radius 2 is 1.77 bits per heavy atom. The summed E-state index contributed by atoms with van der Waals surface area (Å²) >= 11 is 0. The van der Waals surface area contributed by atoms with E-state index in [1.165, 1.54) is 6.92 Å². The number of ether oxygens (including phenoxy) is 1. The minimum atomic E-state index is -1.57. The summed E-state index contributed by atoms with van der Waals surface area (Å²) in [7, 11) is 0. The normalized spacial score (nSPS) is 46.0. The van der Waals surface area contributed by atoms with E-state index in [9.17, 15) is 15.0 Å². The van der Waals surface area contributed by atoms with Crippen LogP contribution in [0.15, 0.2) is 0 Å². The highest BCUT2D eigenvalue weighted by Crippen LogP contribution is 2.24. The number of carboxylic acids is 1. The molecule has 5 unspecified atom stereocenters. The van der Waals surface area contributed by atoms with E-state index in [0.29, 0.717) is 0 Å². The maximum Gasteiger partial charge on any atom is 0.335 e. The van der Waals surface area contributed by atoms with Gasteiger partial charge in [-0.1, -0.05) is 6.92 Å². The fraction of sp³-hybridized carbons (Fsp3) is 0.857. The molecule has 1 heterocycles. The van der Waals surface area contributed by atoms with Crippen molar-refractivity contribution in [1.29, 1.82) is 0 Å². The van der Waals surface area contributed by atoms with E-state index in [0.717, 1.165) is 0 Å². The minimum Gasteiger partial charge on any atom is -0.479 e. The molecule has 1 aliphatic heterocycles. The van der Waals surface area contributed by atoms with E-state index in [1.54, 1.807) is 0 Å². The van der Waals surface area contributed by atoms with Gasteiger partial charge in [0.1, 0.15) is 6.10 Å². The quantitative estimate of drug-likeness (QED) is 0.388. The molecule has 0 amide bonds. The van der Waals surface area contributed by atoms with Crippen molar-refractivity contribution in [3.05, 3.63) is 0 Å². The lowest BCUT2D eigenvalue weighted by atomic mass is 9.92. The average Bonchev–Trinajstić information content (AvgIpc) is 2.07. The summed E-state index contributed by atoms with van der Waals surface area (Å²) in [5.74, 6) is -2.11. The molecular weight excluding hydrogens is 180 g/mol. The molecule has 0 radical (unpaired) electrons. The Morgan fingerprint density at radius 1 is 1.23 bits per heavy atom. The van der Waals surface area contributed by atoms with Crippen LogP contribution in [0, 0.1) is 5.92 Å². The molecule has 1 fully saturated rings. The van der Waals surface area contributed by atoms with Gasteiger partial charge in [-0.05, 0) is 0 Å². The number of rotatable bonds is 1. The summed E-state index contributed by atoms with van der Waals surface area (Å²) < 4.78 is 4.59. The smallest absolute Gasteiger partial charge is 0.335 e. The van der Waals surface area contributed by atoms with Crippen molar-refractivity contribution >= 4 is 5.97 Å². The summed E-state index contributed by atoms with van der Waals surface area (Å²) in [6.07, 6.45) is -5.72. The molecule has 0 aliphatic carbocycles. The van der Waals surface area contributed by atoms with Gasteiger partial charge in [0.15, 0.2) is 12.4 Å². The van der Waals surface area contributed by atoms with Crippen LogP contribution >= 0.6 is 0 Å². The van der Waals surface area contributed by atoms with Crippen molar-refractivity contribution < 1.29 is 30.0 Å². The number of hydrogen-bond acceptors (Lipinski definition) is 5. The van der Waals surface area contributed by atoms with Crippen molar-refractivity contribution in [3.8, 4) is 0 Å². The van der Waals surface area contributed by atoms with Gasteiger partial charge in [0.25, 0.3) is 0 Å². The van der Waals surface area contributed by atoms with Crippen LogP contribution in [0.2, 0.25) is 0 Å². The summed E-state index contributed by atoms with van der Waals surface area (Å²) in [5.41, 5.74) is 0. The van der Waals surface area contributed by atoms with E-state index < -0.39 is 36.5 Å². The van der Waals surface area contributed by atoms with Crippen LogP contribution in [0.1, 0.15) is 6.92 Å². The second-order valence-electron chi connectivity index (χ2n) is 3.13. The van der Waals surface area contributed by atoms with E-state index in [1.807, 2.05) is 0 Å². The first-order chi connectivity index (χ1) is 5.95. The Balaban J connectivity index is 2.76. The maximum atomic E-state index is 10.5. The molecular formula is C7H12O6. The lowest BCUT2D eigenvalue weighted by Gasteiger charge is -2.37. The van der Waals surface area contributed by atoms with E-state index in [2.05, 4.69) is 4.74 Å². The Bertz CT molecular complexity index is 205. The fourth-order valence-corrected chi connectivity index (χ4v) is 1.22. The molecule has 76 valence electrons. The third kappa shape index (κ3) is 1.80. The monoisotopic (exact) mass is 192 g/mol. The zero-order chi connectivity index (χ0) is 10.2. The van der Waals surface area contributed by atoms with Gasteiger partial charge in [0, 0.05) is 5.92 Å². The first kappa shape index (κ1) is 10.4. The lowest BCUT2D eigenvalue weighted by Crippen LogP contribution is -2.56. The number of carboxylic acid groups (broad SMARTS) is 1. The largest absolute Gasteiger partial charge is 0.479 e. The summed E-state index contributed by atoms with van der Waals surface area (Å²) in [5, 5.41) is 36.2. The van der Waals surface area contributed by atoms with Crippen LogP contribution in [0.4, 0.5) is 0 Å². The predicted octanol–water partition coefficient (Wildman–Crippen LogP) is -1.85. The van der Waals surface area contributed by atoms with Gasteiger partial charge in [0.2, 0.25) is 0 Å². The zero-order valence-corrected chi connectivity index (χ0v) is 6.99. The fourth-order valence-electron chi connectivity index (χ4n) is 1.22. The topological polar surface area (TPSA) is 107 Å². The van der Waals surface area contributed by atoms with Crippen LogP contribution in [0.5, 0.6) is 0 Å². The van der Waals surface area contributed by atoms with Crippen LogP contribution in [0.25, 0.3) is 0 Å². The van der Waals surface area contributed by atoms with Gasteiger partial charge in [-0.25, -0.2) is 4.79 Å². The number of hydrogen-bond donors (Lipinski definition) is 4. The molecule has 0 bridgehead atoms. The van der Waals surface area contributed by atoms with E-state index in [4.69, 9.17) is 10.2 Å². The summed E-state index contributed by atoms with van der Waals surface area (Å²) in [4.78, 5) is 10.5. The molecule has 1 aliphatic rings. The molecule has 6 heteroatoms. The molecule has 0 aromatic carbocycles. The third-order valence-electron chi connectivity index (χ3n) is 2.18. The highest BCUT2D eigenvalue weighted by Gasteiger charge is 2.44. The lowest BCUT2D eigenvalue weighted by molar-refractivity contribution is -0.260. The van der Waals surface area contributed by atoms with E-state index in [-0.39, 0.29) is 0 Å². The van der Waals surface area contributed by atoms with Crippen molar-refractivity contribution in [2.24, 2.45) is 5.92 Å². The van der Waals surface area contributed by atoms with Gasteiger partial charge in [-0.2, -0.15) is 0 Å². The van der Waals surface area contributed by atoms with E-state index >= 15 is 0 Å². The molecule has 0 saturated carbocycles. The number of carbonyl (C=O) groups is 1. The third-order valence-corrected chi connectivity index (χ3v) is 2.18. The second kappa shape index (κ2) is 3.59. The van der Waals surface area contributed by atoms with Crippen molar-refractivity contribution in [2.75, 3.05) is 0 Å². The molecule has 0 spiro atoms. The highest BCUT2D eigenvalue weighted by molar-refractivity contribution is 5.73. The SMILES string of the molecule is CC1C(O)OC(C(=O)O)C(O)C1O. The Hall–Kier alpha value is -0.690. The van der Waals surface area contributed by atoms with Crippen LogP contribution < -0.4 is 0 Å². The Morgan fingerprint density at radius 3 is 2.23 bits per heavy atom. The number of aliphatic hydroxyl groups is 3. The van der Waals surface area contributed by atoms with Crippen molar-refractivity contribution in [3.63, 3.8) is 0 Å². The molecule has 4 N–H and O–H groups in total. The molecule has 1 rings (SSSR count). The summed E-state index contributed by atoms with van der Waals surface area (Å²) in [6.45, 7) is 1.45. The molecule has 1 saturated heterocycles.